The lowest BCUT2D eigenvalue weighted by molar-refractivity contribution is -0.153. The summed E-state index contributed by atoms with van der Waals surface area (Å²) in [4.78, 5) is 41.1. The van der Waals surface area contributed by atoms with Gasteiger partial charge in [-0.15, -0.1) is 0 Å². The lowest BCUT2D eigenvalue weighted by atomic mass is 9.57. The van der Waals surface area contributed by atoms with Crippen LogP contribution in [0.5, 0.6) is 11.5 Å². The number of amides is 1. The van der Waals surface area contributed by atoms with Gasteiger partial charge in [-0.3, -0.25) is 19.3 Å². The Bertz CT molecular complexity index is 1610. The van der Waals surface area contributed by atoms with Crippen molar-refractivity contribution in [3.63, 3.8) is 0 Å². The second kappa shape index (κ2) is 10.8. The SMILES string of the molecule is COc1ccc(CNC(C)C)cc1-c1ccc(O)c2c1C[C@@H]1C[C@@H]3C(N(C)C)C(=O)C(C(N)=O)=C(O)[C@@]3(O)C(=O)C1=C2O. The number of nitrogens with two attached hydrogens (primary N) is 1. The van der Waals surface area contributed by atoms with E-state index in [1.165, 1.54) is 11.0 Å². The van der Waals surface area contributed by atoms with E-state index in [4.69, 9.17) is 10.5 Å². The van der Waals surface area contributed by atoms with Gasteiger partial charge >= 0.3 is 0 Å². The van der Waals surface area contributed by atoms with E-state index < -0.39 is 58.0 Å². The normalized spacial score (nSPS) is 25.2. The van der Waals surface area contributed by atoms with Crippen LogP contribution in [0, 0.1) is 11.8 Å². The van der Waals surface area contributed by atoms with Crippen molar-refractivity contribution in [2.45, 2.75) is 50.9 Å². The summed E-state index contributed by atoms with van der Waals surface area (Å²) >= 11 is 0. The van der Waals surface area contributed by atoms with Crippen LogP contribution in [0.25, 0.3) is 16.9 Å². The maximum absolute atomic E-state index is 14.1. The minimum atomic E-state index is -2.68. The fraction of sp³-hybridized carbons (Fsp3) is 0.406. The molecule has 2 aromatic rings. The van der Waals surface area contributed by atoms with Gasteiger partial charge in [-0.2, -0.15) is 0 Å². The highest BCUT2D eigenvalue weighted by Crippen LogP contribution is 2.54. The summed E-state index contributed by atoms with van der Waals surface area (Å²) in [5, 5.41) is 48.7. The number of primary amides is 1. The van der Waals surface area contributed by atoms with Crippen molar-refractivity contribution in [1.29, 1.82) is 0 Å². The molecule has 5 rings (SSSR count). The first-order chi connectivity index (χ1) is 20.2. The first-order valence-corrected chi connectivity index (χ1v) is 14.1. The largest absolute Gasteiger partial charge is 0.508 e. The quantitative estimate of drug-likeness (QED) is 0.261. The molecule has 3 aliphatic carbocycles. The molecule has 11 heteroatoms. The summed E-state index contributed by atoms with van der Waals surface area (Å²) in [6.45, 7) is 4.70. The van der Waals surface area contributed by atoms with Crippen molar-refractivity contribution >= 4 is 23.2 Å². The van der Waals surface area contributed by atoms with Crippen LogP contribution in [0.4, 0.5) is 0 Å². The number of fused-ring (bicyclic) bond motifs is 3. The molecule has 1 fully saturated rings. The number of ether oxygens (including phenoxy) is 1. The number of methoxy groups -OCH3 is 1. The third-order valence-electron chi connectivity index (χ3n) is 8.87. The number of aliphatic hydroxyl groups is 3. The molecule has 0 radical (unpaired) electrons. The van der Waals surface area contributed by atoms with Crippen molar-refractivity contribution < 1.29 is 39.5 Å². The molecular formula is C32H37N3O8. The number of carbonyl (C=O) groups excluding carboxylic acids is 3. The van der Waals surface area contributed by atoms with Crippen LogP contribution in [0.15, 0.2) is 47.2 Å². The van der Waals surface area contributed by atoms with Crippen molar-refractivity contribution in [2.24, 2.45) is 17.6 Å². The average molecular weight is 592 g/mol. The molecule has 0 bridgehead atoms. The molecule has 1 amide bonds. The van der Waals surface area contributed by atoms with Gasteiger partial charge in [0, 0.05) is 29.6 Å². The van der Waals surface area contributed by atoms with Gasteiger partial charge in [-0.1, -0.05) is 26.0 Å². The Morgan fingerprint density at radius 1 is 1.14 bits per heavy atom. The van der Waals surface area contributed by atoms with E-state index in [2.05, 4.69) is 5.32 Å². The van der Waals surface area contributed by atoms with Crippen LogP contribution in [-0.4, -0.2) is 81.7 Å². The maximum Gasteiger partial charge on any atom is 0.255 e. The van der Waals surface area contributed by atoms with Gasteiger partial charge in [-0.05, 0) is 67.7 Å². The van der Waals surface area contributed by atoms with Crippen LogP contribution < -0.4 is 15.8 Å². The molecule has 0 saturated heterocycles. The number of carbonyl (C=O) groups is 3. The molecule has 3 aliphatic rings. The number of likely N-dealkylation sites (N-methyl/N-ethyl adjacent to an activating group) is 1. The van der Waals surface area contributed by atoms with E-state index in [1.54, 1.807) is 27.3 Å². The molecule has 43 heavy (non-hydrogen) atoms. The van der Waals surface area contributed by atoms with Gasteiger partial charge < -0.3 is 36.2 Å². The standard InChI is InChI=1S/C32H37N3O8/c1-14(2)34-13-15-6-9-22(43-5)18(10-15)17-7-8-21(36)24-19(17)11-16-12-20-26(35(3)4)28(38)25(31(33)41)30(40)32(20,42)29(39)23(16)27(24)37/h6-10,14,16,20,26,34,36-37,40,42H,11-13H2,1-5H3,(H2,33,41)/t16-,20-,26?,32+/m1/s1. The van der Waals surface area contributed by atoms with Crippen LogP contribution in [-0.2, 0) is 27.3 Å². The molecule has 0 spiro atoms. The monoisotopic (exact) mass is 591 g/mol. The Morgan fingerprint density at radius 2 is 1.84 bits per heavy atom. The molecular weight excluding hydrogens is 554 g/mol. The lowest BCUT2D eigenvalue weighted by Gasteiger charge is -2.50. The number of hydrogen-bond donors (Lipinski definition) is 6. The van der Waals surface area contributed by atoms with Gasteiger partial charge in [-0.25, -0.2) is 0 Å². The number of Topliss-reactive ketones (excluding diaryl/α,β-unsaturated/α-hetero) is 2. The van der Waals surface area contributed by atoms with Gasteiger partial charge in [0.15, 0.2) is 11.4 Å². The van der Waals surface area contributed by atoms with Crippen molar-refractivity contribution in [2.75, 3.05) is 21.2 Å². The maximum atomic E-state index is 14.1. The fourth-order valence-electron chi connectivity index (χ4n) is 6.89. The molecule has 1 unspecified atom stereocenters. The average Bonchev–Trinajstić information content (AvgIpc) is 2.93. The third kappa shape index (κ3) is 4.59. The van der Waals surface area contributed by atoms with Crippen LogP contribution in [0.1, 0.15) is 37.0 Å². The predicted octanol–water partition coefficient (Wildman–Crippen LogP) is 2.14. The van der Waals surface area contributed by atoms with E-state index in [0.717, 1.165) is 11.1 Å². The van der Waals surface area contributed by atoms with E-state index in [9.17, 15) is 34.8 Å². The minimum Gasteiger partial charge on any atom is -0.508 e. The number of nitrogens with zero attached hydrogens (tertiary/aromatic N) is 1. The zero-order chi connectivity index (χ0) is 31.5. The van der Waals surface area contributed by atoms with Crippen molar-refractivity contribution in [3.05, 3.63) is 63.9 Å². The number of hydrogen-bond acceptors (Lipinski definition) is 10. The molecule has 1 saturated carbocycles. The first-order valence-electron chi connectivity index (χ1n) is 14.1. The second-order valence-electron chi connectivity index (χ2n) is 12.0. The van der Waals surface area contributed by atoms with Gasteiger partial charge in [0.25, 0.3) is 5.91 Å². The number of aromatic hydroxyl groups is 1. The topological polar surface area (TPSA) is 183 Å². The summed E-state index contributed by atoms with van der Waals surface area (Å²) in [7, 11) is 4.68. The Balaban J connectivity index is 1.70. The van der Waals surface area contributed by atoms with Gasteiger partial charge in [0.1, 0.15) is 28.6 Å². The molecule has 11 nitrogen and oxygen atoms in total. The summed E-state index contributed by atoms with van der Waals surface area (Å²) in [6, 6.07) is 8.03. The fourth-order valence-corrected chi connectivity index (χ4v) is 6.89. The summed E-state index contributed by atoms with van der Waals surface area (Å²) in [5.41, 5.74) is 4.66. The zero-order valence-electron chi connectivity index (χ0n) is 24.8. The lowest BCUT2D eigenvalue weighted by Crippen LogP contribution is -2.65. The number of benzene rings is 2. The number of ketones is 2. The van der Waals surface area contributed by atoms with E-state index in [0.29, 0.717) is 23.4 Å². The van der Waals surface area contributed by atoms with E-state index in [1.807, 2.05) is 32.0 Å². The molecule has 0 aromatic heterocycles. The summed E-state index contributed by atoms with van der Waals surface area (Å²) in [5.74, 6) is -6.28. The molecule has 0 heterocycles. The molecule has 4 atom stereocenters. The minimum absolute atomic E-state index is 0.0103. The molecule has 0 aliphatic heterocycles. The highest BCUT2D eigenvalue weighted by atomic mass is 16.5. The predicted molar refractivity (Wildman–Crippen MR) is 158 cm³/mol. The highest BCUT2D eigenvalue weighted by molar-refractivity contribution is 6.24. The summed E-state index contributed by atoms with van der Waals surface area (Å²) < 4.78 is 5.67. The smallest absolute Gasteiger partial charge is 0.255 e. The first kappa shape index (κ1) is 30.3. The third-order valence-corrected chi connectivity index (χ3v) is 8.87. The molecule has 7 N–H and O–H groups in total. The van der Waals surface area contributed by atoms with Crippen LogP contribution in [0.3, 0.4) is 0 Å². The Kier molecular flexibility index (Phi) is 7.62. The zero-order valence-corrected chi connectivity index (χ0v) is 24.8. The Hall–Kier alpha value is -4.19. The van der Waals surface area contributed by atoms with Crippen molar-refractivity contribution in [3.8, 4) is 22.6 Å². The van der Waals surface area contributed by atoms with Gasteiger partial charge in [0.05, 0.1) is 18.7 Å². The van der Waals surface area contributed by atoms with Crippen LogP contribution in [0.2, 0.25) is 0 Å². The number of phenols is 1. The number of aliphatic hydroxyl groups excluding tert-OH is 2. The van der Waals surface area contributed by atoms with E-state index >= 15 is 0 Å². The van der Waals surface area contributed by atoms with Gasteiger partial charge in [0.2, 0.25) is 5.78 Å². The second-order valence-corrected chi connectivity index (χ2v) is 12.0. The van der Waals surface area contributed by atoms with Crippen LogP contribution >= 0.6 is 0 Å². The molecule has 2 aromatic carbocycles. The Labute approximate surface area is 249 Å². The highest BCUT2D eigenvalue weighted by Gasteiger charge is 2.64. The van der Waals surface area contributed by atoms with E-state index in [-0.39, 0.29) is 35.8 Å². The Morgan fingerprint density at radius 3 is 2.44 bits per heavy atom. The molecule has 228 valence electrons. The van der Waals surface area contributed by atoms with Crippen molar-refractivity contribution in [1.82, 2.24) is 10.2 Å². The number of rotatable bonds is 7. The number of nitrogens with one attached hydrogen (secondary N) is 1. The number of phenolic OH excluding ortho intramolecular Hbond substituents is 1. The summed E-state index contributed by atoms with van der Waals surface area (Å²) in [6.07, 6.45) is 0.187.